The van der Waals surface area contributed by atoms with Crippen LogP contribution in [0.1, 0.15) is 31.7 Å². The lowest BCUT2D eigenvalue weighted by molar-refractivity contribution is -0.966. The summed E-state index contributed by atoms with van der Waals surface area (Å²) < 4.78 is 1.15. The third-order valence-electron chi connectivity index (χ3n) is 6.66. The fraction of sp³-hybridized carbons (Fsp3) is 0.647. The van der Waals surface area contributed by atoms with Gasteiger partial charge in [0.05, 0.1) is 6.54 Å². The number of benzene rings is 1. The standard InChI is InChI=1S/C17H24NO/c1-17-14-7-8-15(17)16(19)12-18(17,10-9-14)11-13-5-3-2-4-6-13/h2-6,14-16,19H,7-12H2,1H3/q+1/t14-,15+,16-,17+,18+/m0/s1. The largest absolute Gasteiger partial charge is 0.387 e. The van der Waals surface area contributed by atoms with Crippen LogP contribution in [0.15, 0.2) is 30.3 Å². The molecule has 0 radical (unpaired) electrons. The molecule has 0 spiro atoms. The van der Waals surface area contributed by atoms with Gasteiger partial charge in [-0.25, -0.2) is 0 Å². The smallest absolute Gasteiger partial charge is 0.112 e. The van der Waals surface area contributed by atoms with E-state index in [1.165, 1.54) is 31.4 Å². The van der Waals surface area contributed by atoms with Crippen molar-refractivity contribution in [3.63, 3.8) is 0 Å². The third-order valence-corrected chi connectivity index (χ3v) is 6.66. The SMILES string of the molecule is C[C@@]12[C@H]3CC[C@@H]1[C@@H](O)C[N@+]2(Cc1ccccc1)CC3. The first-order valence-corrected chi connectivity index (χ1v) is 7.74. The van der Waals surface area contributed by atoms with Crippen molar-refractivity contribution >= 4 is 0 Å². The molecule has 2 saturated heterocycles. The van der Waals surface area contributed by atoms with Crippen LogP contribution < -0.4 is 0 Å². The lowest BCUT2D eigenvalue weighted by Gasteiger charge is -2.43. The molecule has 0 amide bonds. The Morgan fingerprint density at radius 3 is 2.79 bits per heavy atom. The summed E-state index contributed by atoms with van der Waals surface area (Å²) in [6.07, 6.45) is 3.88. The minimum Gasteiger partial charge on any atom is -0.387 e. The van der Waals surface area contributed by atoms with Crippen LogP contribution in [0.25, 0.3) is 0 Å². The maximum atomic E-state index is 10.5. The highest BCUT2D eigenvalue weighted by molar-refractivity contribution is 5.15. The molecular weight excluding hydrogens is 234 g/mol. The van der Waals surface area contributed by atoms with Gasteiger partial charge in [0.15, 0.2) is 0 Å². The molecule has 1 aliphatic carbocycles. The van der Waals surface area contributed by atoms with Crippen LogP contribution in [0.5, 0.6) is 0 Å². The summed E-state index contributed by atoms with van der Waals surface area (Å²) in [6, 6.07) is 10.9. The topological polar surface area (TPSA) is 20.2 Å². The van der Waals surface area contributed by atoms with E-state index in [2.05, 4.69) is 37.3 Å². The van der Waals surface area contributed by atoms with Crippen LogP contribution in [0.4, 0.5) is 0 Å². The van der Waals surface area contributed by atoms with Gasteiger partial charge in [0.25, 0.3) is 0 Å². The van der Waals surface area contributed by atoms with Gasteiger partial charge in [-0.3, -0.25) is 0 Å². The molecule has 2 heteroatoms. The van der Waals surface area contributed by atoms with Crippen LogP contribution in [0.3, 0.4) is 0 Å². The Morgan fingerprint density at radius 2 is 2.00 bits per heavy atom. The first kappa shape index (κ1) is 11.9. The Labute approximate surface area is 115 Å². The van der Waals surface area contributed by atoms with Crippen molar-refractivity contribution in [2.45, 2.75) is 44.4 Å². The molecular formula is C17H24NO+. The van der Waals surface area contributed by atoms with Crippen LogP contribution in [0.2, 0.25) is 0 Å². The normalized spacial score (nSPS) is 47.6. The lowest BCUT2D eigenvalue weighted by atomic mass is 9.83. The van der Waals surface area contributed by atoms with E-state index in [1.54, 1.807) is 0 Å². The number of nitrogens with zero attached hydrogens (tertiary/aromatic N) is 1. The van der Waals surface area contributed by atoms with Crippen molar-refractivity contribution < 1.29 is 9.59 Å². The second-order valence-corrected chi connectivity index (χ2v) is 7.16. The average Bonchev–Trinajstić information content (AvgIpc) is 2.95. The number of hydrogen-bond donors (Lipinski definition) is 1. The highest BCUT2D eigenvalue weighted by Crippen LogP contribution is 2.60. The molecule has 0 aromatic heterocycles. The summed E-state index contributed by atoms with van der Waals surface area (Å²) in [6.45, 7) is 5.83. The Bertz CT molecular complexity index is 487. The minimum atomic E-state index is -0.0704. The maximum Gasteiger partial charge on any atom is 0.112 e. The van der Waals surface area contributed by atoms with E-state index in [4.69, 9.17) is 0 Å². The second-order valence-electron chi connectivity index (χ2n) is 7.16. The van der Waals surface area contributed by atoms with E-state index in [0.29, 0.717) is 11.5 Å². The van der Waals surface area contributed by atoms with Gasteiger partial charge in [-0.2, -0.15) is 0 Å². The molecule has 3 aliphatic rings. The molecule has 2 heterocycles. The molecule has 0 bridgehead atoms. The van der Waals surface area contributed by atoms with Gasteiger partial charge in [-0.05, 0) is 19.8 Å². The molecule has 5 atom stereocenters. The van der Waals surface area contributed by atoms with Gasteiger partial charge in [-0.1, -0.05) is 30.3 Å². The van der Waals surface area contributed by atoms with Gasteiger partial charge in [0.2, 0.25) is 0 Å². The predicted octanol–water partition coefficient (Wildman–Crippen LogP) is 2.57. The van der Waals surface area contributed by atoms with E-state index in [0.717, 1.165) is 23.5 Å². The van der Waals surface area contributed by atoms with E-state index in [9.17, 15) is 5.11 Å². The Hall–Kier alpha value is -0.860. The van der Waals surface area contributed by atoms with Gasteiger partial charge >= 0.3 is 0 Å². The Morgan fingerprint density at radius 1 is 1.21 bits per heavy atom. The second kappa shape index (κ2) is 3.83. The number of quaternary nitrogens is 1. The van der Waals surface area contributed by atoms with Gasteiger partial charge in [0.1, 0.15) is 24.7 Å². The van der Waals surface area contributed by atoms with E-state index in [-0.39, 0.29) is 6.10 Å². The molecule has 0 unspecified atom stereocenters. The van der Waals surface area contributed by atoms with Gasteiger partial charge in [0, 0.05) is 23.8 Å². The molecule has 3 fully saturated rings. The van der Waals surface area contributed by atoms with Crippen molar-refractivity contribution in [1.29, 1.82) is 0 Å². The summed E-state index contributed by atoms with van der Waals surface area (Å²) in [5, 5.41) is 10.5. The minimum absolute atomic E-state index is 0.0704. The van der Waals surface area contributed by atoms with Crippen LogP contribution in [-0.4, -0.2) is 34.3 Å². The third kappa shape index (κ3) is 1.39. The van der Waals surface area contributed by atoms with Gasteiger partial charge < -0.3 is 9.59 Å². The van der Waals surface area contributed by atoms with Crippen LogP contribution in [-0.2, 0) is 6.54 Å². The number of aliphatic hydroxyl groups excluding tert-OH is 1. The van der Waals surface area contributed by atoms with Crippen molar-refractivity contribution in [1.82, 2.24) is 0 Å². The zero-order valence-electron chi connectivity index (χ0n) is 11.8. The predicted molar refractivity (Wildman–Crippen MR) is 75.4 cm³/mol. The highest BCUT2D eigenvalue weighted by atomic mass is 16.3. The van der Waals surface area contributed by atoms with Crippen LogP contribution >= 0.6 is 0 Å². The molecule has 2 aliphatic heterocycles. The number of hydrogen-bond acceptors (Lipinski definition) is 1. The fourth-order valence-corrected chi connectivity index (χ4v) is 5.69. The summed E-state index contributed by atoms with van der Waals surface area (Å²) in [4.78, 5) is 0. The average molecular weight is 258 g/mol. The molecule has 19 heavy (non-hydrogen) atoms. The lowest BCUT2D eigenvalue weighted by Crippen LogP contribution is -2.57. The maximum absolute atomic E-state index is 10.5. The molecule has 1 N–H and O–H groups in total. The van der Waals surface area contributed by atoms with Crippen LogP contribution in [0, 0.1) is 11.8 Å². The zero-order chi connectivity index (χ0) is 13.1. The molecule has 1 aromatic carbocycles. The van der Waals surface area contributed by atoms with Crippen molar-refractivity contribution in [3.05, 3.63) is 35.9 Å². The Kier molecular flexibility index (Phi) is 2.40. The number of aliphatic hydroxyl groups is 1. The molecule has 102 valence electrons. The van der Waals surface area contributed by atoms with Gasteiger partial charge in [-0.15, -0.1) is 0 Å². The molecule has 1 saturated carbocycles. The van der Waals surface area contributed by atoms with Crippen molar-refractivity contribution in [3.8, 4) is 0 Å². The van der Waals surface area contributed by atoms with Crippen molar-refractivity contribution in [2.24, 2.45) is 11.8 Å². The highest BCUT2D eigenvalue weighted by Gasteiger charge is 2.70. The molecule has 1 aromatic rings. The van der Waals surface area contributed by atoms with E-state index < -0.39 is 0 Å². The van der Waals surface area contributed by atoms with Crippen molar-refractivity contribution in [2.75, 3.05) is 13.1 Å². The first-order chi connectivity index (χ1) is 9.16. The quantitative estimate of drug-likeness (QED) is 0.808. The first-order valence-electron chi connectivity index (χ1n) is 7.74. The number of rotatable bonds is 2. The monoisotopic (exact) mass is 258 g/mol. The Balaban J connectivity index is 1.73. The summed E-state index contributed by atoms with van der Waals surface area (Å²) in [7, 11) is 0. The van der Waals surface area contributed by atoms with E-state index in [1.807, 2.05) is 0 Å². The summed E-state index contributed by atoms with van der Waals surface area (Å²) in [5.74, 6) is 1.39. The fourth-order valence-electron chi connectivity index (χ4n) is 5.69. The van der Waals surface area contributed by atoms with E-state index >= 15 is 0 Å². The summed E-state index contributed by atoms with van der Waals surface area (Å²) >= 11 is 0. The zero-order valence-corrected chi connectivity index (χ0v) is 11.8. The summed E-state index contributed by atoms with van der Waals surface area (Å²) in [5.41, 5.74) is 1.78. The molecule has 2 nitrogen and oxygen atoms in total. The molecule has 4 rings (SSSR count).